The Kier molecular flexibility index (Phi) is 2.35. The number of nitrogens with zero attached hydrogens (tertiary/aromatic N) is 4. The fourth-order valence-corrected chi connectivity index (χ4v) is 1.07. The van der Waals surface area contributed by atoms with Crippen LogP contribution in [0.2, 0.25) is 0 Å². The van der Waals surface area contributed by atoms with Gasteiger partial charge in [-0.1, -0.05) is 5.16 Å². The lowest BCUT2D eigenvalue weighted by molar-refractivity contribution is 0.0950. The summed E-state index contributed by atoms with van der Waals surface area (Å²) in [4.78, 5) is 15.0. The topological polar surface area (TPSA) is 120 Å². The standard InChI is InChI=1S/C8H6N6O2/c1-10-7(15)6-12-8(16-14-6)4-3-11-13-5(4)2-9/h3H,1H3,(H,10,15)(H,11,13). The molecule has 0 bridgehead atoms. The summed E-state index contributed by atoms with van der Waals surface area (Å²) in [5, 5.41) is 20.7. The Morgan fingerprint density at radius 1 is 1.69 bits per heavy atom. The Morgan fingerprint density at radius 2 is 2.50 bits per heavy atom. The predicted molar refractivity (Wildman–Crippen MR) is 50.0 cm³/mol. The smallest absolute Gasteiger partial charge is 0.292 e. The summed E-state index contributed by atoms with van der Waals surface area (Å²) in [5.41, 5.74) is 0.567. The van der Waals surface area contributed by atoms with Crippen LogP contribution in [0.3, 0.4) is 0 Å². The van der Waals surface area contributed by atoms with Crippen LogP contribution in [0.5, 0.6) is 0 Å². The Hall–Kier alpha value is -2.69. The van der Waals surface area contributed by atoms with Gasteiger partial charge in [0.25, 0.3) is 17.6 Å². The molecule has 2 heterocycles. The Labute approximate surface area is 89.3 Å². The van der Waals surface area contributed by atoms with Crippen LogP contribution in [0, 0.1) is 11.3 Å². The third-order valence-electron chi connectivity index (χ3n) is 1.84. The van der Waals surface area contributed by atoms with Gasteiger partial charge in [-0.25, -0.2) is 0 Å². The largest absolute Gasteiger partial charge is 0.352 e. The fourth-order valence-electron chi connectivity index (χ4n) is 1.07. The van der Waals surface area contributed by atoms with Gasteiger partial charge in [-0.2, -0.15) is 15.3 Å². The second kappa shape index (κ2) is 3.82. The molecule has 2 aromatic heterocycles. The lowest BCUT2D eigenvalue weighted by Gasteiger charge is -1.88. The molecule has 0 aliphatic carbocycles. The van der Waals surface area contributed by atoms with Gasteiger partial charge in [0.2, 0.25) is 0 Å². The highest BCUT2D eigenvalue weighted by Gasteiger charge is 2.17. The molecule has 0 atom stereocenters. The van der Waals surface area contributed by atoms with E-state index in [-0.39, 0.29) is 17.4 Å². The molecule has 1 amide bonds. The monoisotopic (exact) mass is 218 g/mol. The SMILES string of the molecule is CNC(=O)c1noc(-c2cn[nH]c2C#N)n1. The lowest BCUT2D eigenvalue weighted by atomic mass is 10.2. The Bertz CT molecular complexity index is 563. The number of amides is 1. The number of rotatable bonds is 2. The van der Waals surface area contributed by atoms with Gasteiger partial charge in [0.05, 0.1) is 11.8 Å². The fraction of sp³-hybridized carbons (Fsp3) is 0.125. The zero-order valence-electron chi connectivity index (χ0n) is 8.18. The van der Waals surface area contributed by atoms with E-state index >= 15 is 0 Å². The second-order valence-corrected chi connectivity index (χ2v) is 2.77. The summed E-state index contributed by atoms with van der Waals surface area (Å²) in [5.74, 6) is -0.483. The molecule has 0 aliphatic rings. The van der Waals surface area contributed by atoms with E-state index in [2.05, 4.69) is 25.7 Å². The maximum atomic E-state index is 11.2. The third-order valence-corrected chi connectivity index (χ3v) is 1.84. The highest BCUT2D eigenvalue weighted by atomic mass is 16.5. The molecule has 2 rings (SSSR count). The number of H-pyrrole nitrogens is 1. The number of carbonyl (C=O) groups excluding carboxylic acids is 1. The summed E-state index contributed by atoms with van der Waals surface area (Å²) >= 11 is 0. The van der Waals surface area contributed by atoms with Gasteiger partial charge >= 0.3 is 0 Å². The van der Waals surface area contributed by atoms with Crippen LogP contribution in [0.1, 0.15) is 16.3 Å². The average Bonchev–Trinajstić information content (AvgIpc) is 2.95. The van der Waals surface area contributed by atoms with E-state index in [9.17, 15) is 4.79 Å². The van der Waals surface area contributed by atoms with Crippen molar-refractivity contribution in [2.75, 3.05) is 7.05 Å². The maximum absolute atomic E-state index is 11.2. The van der Waals surface area contributed by atoms with E-state index < -0.39 is 5.91 Å². The van der Waals surface area contributed by atoms with Crippen molar-refractivity contribution in [2.45, 2.75) is 0 Å². The lowest BCUT2D eigenvalue weighted by Crippen LogP contribution is -2.19. The number of nitrogens with one attached hydrogen (secondary N) is 2. The first kappa shape index (κ1) is 9.85. The minimum Gasteiger partial charge on any atom is -0.352 e. The normalized spacial score (nSPS) is 9.75. The van der Waals surface area contributed by atoms with Crippen LogP contribution in [-0.4, -0.2) is 33.3 Å². The summed E-state index contributed by atoms with van der Waals surface area (Å²) in [6, 6.07) is 1.88. The number of hydrogen-bond donors (Lipinski definition) is 2. The van der Waals surface area contributed by atoms with Crippen molar-refractivity contribution in [1.29, 1.82) is 5.26 Å². The van der Waals surface area contributed by atoms with Crippen molar-refractivity contribution in [3.8, 4) is 17.5 Å². The maximum Gasteiger partial charge on any atom is 0.292 e. The van der Waals surface area contributed by atoms with Crippen LogP contribution in [0.25, 0.3) is 11.5 Å². The van der Waals surface area contributed by atoms with Crippen LogP contribution < -0.4 is 5.32 Å². The van der Waals surface area contributed by atoms with E-state index in [0.29, 0.717) is 5.56 Å². The molecule has 0 saturated carbocycles. The molecule has 8 heteroatoms. The molecule has 2 N–H and O–H groups in total. The molecule has 0 spiro atoms. The molecule has 8 nitrogen and oxygen atoms in total. The second-order valence-electron chi connectivity index (χ2n) is 2.77. The van der Waals surface area contributed by atoms with Gasteiger partial charge in [-0.05, 0) is 0 Å². The highest BCUT2D eigenvalue weighted by molar-refractivity contribution is 5.90. The van der Waals surface area contributed by atoms with Crippen molar-refractivity contribution in [2.24, 2.45) is 0 Å². The van der Waals surface area contributed by atoms with Crippen LogP contribution >= 0.6 is 0 Å². The molecule has 0 aromatic carbocycles. The van der Waals surface area contributed by atoms with E-state index in [1.807, 2.05) is 6.07 Å². The van der Waals surface area contributed by atoms with Gasteiger partial charge in [-0.3, -0.25) is 9.89 Å². The van der Waals surface area contributed by atoms with E-state index in [0.717, 1.165) is 0 Å². The first-order valence-corrected chi connectivity index (χ1v) is 4.26. The Morgan fingerprint density at radius 3 is 3.19 bits per heavy atom. The number of nitriles is 1. The van der Waals surface area contributed by atoms with Gasteiger partial charge in [0, 0.05) is 7.05 Å². The zero-order valence-corrected chi connectivity index (χ0v) is 8.18. The van der Waals surface area contributed by atoms with E-state index in [1.54, 1.807) is 0 Å². The van der Waals surface area contributed by atoms with E-state index in [1.165, 1.54) is 13.2 Å². The number of aromatic amines is 1. The van der Waals surface area contributed by atoms with Gasteiger partial charge in [-0.15, -0.1) is 0 Å². The van der Waals surface area contributed by atoms with Crippen molar-refractivity contribution in [1.82, 2.24) is 25.7 Å². The third kappa shape index (κ3) is 1.50. The number of carbonyl (C=O) groups is 1. The zero-order chi connectivity index (χ0) is 11.5. The van der Waals surface area contributed by atoms with Gasteiger partial charge in [0.1, 0.15) is 11.8 Å². The minimum absolute atomic E-state index is 0.0731. The van der Waals surface area contributed by atoms with Gasteiger partial charge < -0.3 is 9.84 Å². The average molecular weight is 218 g/mol. The number of hydrogen-bond acceptors (Lipinski definition) is 6. The van der Waals surface area contributed by atoms with Crippen LogP contribution in [0.15, 0.2) is 10.7 Å². The predicted octanol–water partition coefficient (Wildman–Crippen LogP) is -0.309. The van der Waals surface area contributed by atoms with Gasteiger partial charge in [0.15, 0.2) is 0 Å². The molecule has 0 unspecified atom stereocenters. The van der Waals surface area contributed by atoms with Crippen molar-refractivity contribution < 1.29 is 9.32 Å². The molecule has 0 fully saturated rings. The number of aromatic nitrogens is 4. The van der Waals surface area contributed by atoms with E-state index in [4.69, 9.17) is 9.78 Å². The molecule has 2 aromatic rings. The van der Waals surface area contributed by atoms with Crippen molar-refractivity contribution in [3.05, 3.63) is 17.7 Å². The minimum atomic E-state index is -0.461. The first-order chi connectivity index (χ1) is 7.76. The first-order valence-electron chi connectivity index (χ1n) is 4.26. The molecule has 0 aliphatic heterocycles. The quantitative estimate of drug-likeness (QED) is 0.713. The summed E-state index contributed by atoms with van der Waals surface area (Å²) < 4.78 is 4.84. The summed E-state index contributed by atoms with van der Waals surface area (Å²) in [6.07, 6.45) is 1.37. The van der Waals surface area contributed by atoms with Crippen molar-refractivity contribution >= 4 is 5.91 Å². The van der Waals surface area contributed by atoms with Crippen LogP contribution in [-0.2, 0) is 0 Å². The molecule has 16 heavy (non-hydrogen) atoms. The molecular formula is C8H6N6O2. The molecule has 80 valence electrons. The summed E-state index contributed by atoms with van der Waals surface area (Å²) in [7, 11) is 1.46. The highest BCUT2D eigenvalue weighted by Crippen LogP contribution is 2.18. The van der Waals surface area contributed by atoms with Crippen LogP contribution in [0.4, 0.5) is 0 Å². The molecular weight excluding hydrogens is 212 g/mol. The Balaban J connectivity index is 2.40. The molecule has 0 saturated heterocycles. The molecule has 0 radical (unpaired) electrons. The van der Waals surface area contributed by atoms with Crippen molar-refractivity contribution in [3.63, 3.8) is 0 Å². The summed E-state index contributed by atoms with van der Waals surface area (Å²) in [6.45, 7) is 0.